The summed E-state index contributed by atoms with van der Waals surface area (Å²) < 4.78 is 12.4. The van der Waals surface area contributed by atoms with Gasteiger partial charge in [0.2, 0.25) is 4.96 Å². The van der Waals surface area contributed by atoms with E-state index in [1.165, 1.54) is 11.3 Å². The number of ether oxygens (including phenoxy) is 2. The second kappa shape index (κ2) is 7.69. The number of fused-ring (bicyclic) bond motifs is 1. The Labute approximate surface area is 165 Å². The van der Waals surface area contributed by atoms with Crippen molar-refractivity contribution in [2.24, 2.45) is 0 Å². The summed E-state index contributed by atoms with van der Waals surface area (Å²) in [6.07, 6.45) is 0. The highest BCUT2D eigenvalue weighted by atomic mass is 32.1. The molecule has 0 fully saturated rings. The molecule has 0 saturated carbocycles. The Morgan fingerprint density at radius 2 is 2.00 bits per heavy atom. The zero-order valence-electron chi connectivity index (χ0n) is 15.4. The van der Waals surface area contributed by atoms with E-state index < -0.39 is 0 Å². The molecule has 0 aliphatic heterocycles. The molecule has 1 amide bonds. The number of nitrogens with one attached hydrogen (secondary N) is 1. The molecule has 1 N–H and O–H groups in total. The molecule has 8 heteroatoms. The van der Waals surface area contributed by atoms with Crippen LogP contribution in [0.2, 0.25) is 0 Å². The van der Waals surface area contributed by atoms with Crippen LogP contribution < -0.4 is 14.8 Å². The van der Waals surface area contributed by atoms with Crippen molar-refractivity contribution in [2.75, 3.05) is 19.0 Å². The molecule has 0 radical (unpaired) electrons. The number of rotatable bonds is 6. The molecule has 142 valence electrons. The van der Waals surface area contributed by atoms with Crippen LogP contribution >= 0.6 is 11.3 Å². The molecule has 2 heterocycles. The zero-order chi connectivity index (χ0) is 19.5. The van der Waals surface area contributed by atoms with Crippen molar-refractivity contribution < 1.29 is 14.3 Å². The van der Waals surface area contributed by atoms with Gasteiger partial charge in [-0.05, 0) is 43.3 Å². The lowest BCUT2D eigenvalue weighted by atomic mass is 10.2. The van der Waals surface area contributed by atoms with E-state index in [9.17, 15) is 4.79 Å². The molecule has 0 aliphatic carbocycles. The summed E-state index contributed by atoms with van der Waals surface area (Å²) in [6.45, 7) is 2.49. The van der Waals surface area contributed by atoms with Crippen LogP contribution in [0, 0.1) is 0 Å². The molecule has 0 saturated heterocycles. The van der Waals surface area contributed by atoms with Crippen LogP contribution in [0.15, 0.2) is 53.9 Å². The highest BCUT2D eigenvalue weighted by Gasteiger charge is 2.14. The van der Waals surface area contributed by atoms with Gasteiger partial charge in [-0.2, -0.15) is 4.98 Å². The van der Waals surface area contributed by atoms with Crippen LogP contribution in [-0.2, 0) is 0 Å². The fourth-order valence-corrected chi connectivity index (χ4v) is 3.59. The zero-order valence-corrected chi connectivity index (χ0v) is 16.2. The van der Waals surface area contributed by atoms with Crippen molar-refractivity contribution >= 4 is 28.2 Å². The fraction of sp³-hybridized carbons (Fsp3) is 0.150. The average Bonchev–Trinajstić information content (AvgIpc) is 3.29. The first-order valence-corrected chi connectivity index (χ1v) is 9.59. The van der Waals surface area contributed by atoms with Gasteiger partial charge in [0.05, 0.1) is 19.4 Å². The summed E-state index contributed by atoms with van der Waals surface area (Å²) in [5.41, 5.74) is 2.35. The Bertz CT molecular complexity index is 1120. The first-order valence-electron chi connectivity index (χ1n) is 8.71. The number of benzene rings is 2. The van der Waals surface area contributed by atoms with Gasteiger partial charge in [0.25, 0.3) is 11.9 Å². The Morgan fingerprint density at radius 1 is 1.18 bits per heavy atom. The number of hydrogen-bond acceptors (Lipinski definition) is 6. The van der Waals surface area contributed by atoms with E-state index in [-0.39, 0.29) is 11.9 Å². The lowest BCUT2D eigenvalue weighted by Crippen LogP contribution is -2.13. The highest BCUT2D eigenvalue weighted by Crippen LogP contribution is 2.28. The van der Waals surface area contributed by atoms with Crippen molar-refractivity contribution in [3.63, 3.8) is 0 Å². The quantitative estimate of drug-likeness (QED) is 0.532. The van der Waals surface area contributed by atoms with Gasteiger partial charge in [0, 0.05) is 16.5 Å². The normalized spacial score (nSPS) is 10.8. The number of hydrogen-bond donors (Lipinski definition) is 1. The van der Waals surface area contributed by atoms with Crippen molar-refractivity contribution in [1.29, 1.82) is 0 Å². The van der Waals surface area contributed by atoms with Gasteiger partial charge in [-0.15, -0.1) is 16.4 Å². The minimum Gasteiger partial charge on any atom is -0.497 e. The number of methoxy groups -OCH3 is 1. The summed E-state index contributed by atoms with van der Waals surface area (Å²) in [5, 5.41) is 9.16. The van der Waals surface area contributed by atoms with Crippen LogP contribution in [0.1, 0.15) is 17.3 Å². The summed E-state index contributed by atoms with van der Waals surface area (Å²) in [5.74, 6) is 1.47. The van der Waals surface area contributed by atoms with Crippen LogP contribution in [-0.4, -0.2) is 34.2 Å². The predicted octanol–water partition coefficient (Wildman–Crippen LogP) is 4.12. The molecule has 2 aromatic carbocycles. The van der Waals surface area contributed by atoms with Gasteiger partial charge >= 0.3 is 0 Å². The van der Waals surface area contributed by atoms with Gasteiger partial charge in [0.1, 0.15) is 11.5 Å². The third kappa shape index (κ3) is 3.54. The topological polar surface area (TPSA) is 77.8 Å². The van der Waals surface area contributed by atoms with E-state index in [1.807, 2.05) is 36.6 Å². The summed E-state index contributed by atoms with van der Waals surface area (Å²) >= 11 is 1.45. The van der Waals surface area contributed by atoms with E-state index in [0.717, 1.165) is 22.8 Å². The molecular weight excluding hydrogens is 376 g/mol. The van der Waals surface area contributed by atoms with Crippen LogP contribution in [0.5, 0.6) is 11.5 Å². The molecule has 0 unspecified atom stereocenters. The number of carbonyl (C=O) groups is 1. The van der Waals surface area contributed by atoms with E-state index in [0.29, 0.717) is 17.1 Å². The Balaban J connectivity index is 1.56. The molecule has 4 rings (SSSR count). The van der Waals surface area contributed by atoms with Gasteiger partial charge in [-0.3, -0.25) is 10.1 Å². The number of amides is 1. The Morgan fingerprint density at radius 3 is 2.75 bits per heavy atom. The molecule has 0 aliphatic rings. The molecule has 0 spiro atoms. The van der Waals surface area contributed by atoms with E-state index in [4.69, 9.17) is 9.47 Å². The third-order valence-corrected chi connectivity index (χ3v) is 4.92. The van der Waals surface area contributed by atoms with Crippen molar-refractivity contribution in [1.82, 2.24) is 14.6 Å². The van der Waals surface area contributed by atoms with Crippen LogP contribution in [0.3, 0.4) is 0 Å². The summed E-state index contributed by atoms with van der Waals surface area (Å²) in [4.78, 5) is 17.6. The highest BCUT2D eigenvalue weighted by molar-refractivity contribution is 7.15. The summed E-state index contributed by atoms with van der Waals surface area (Å²) in [7, 11) is 1.63. The maximum atomic E-state index is 12.5. The standard InChI is InChI=1S/C20H18N4O3S/c1-3-27-15-9-7-13(8-10-15)18(25)21-19-22-20-24(23-19)17(12-28-20)14-5-4-6-16(11-14)26-2/h4-12H,3H2,1-2H3,(H,21,23,25). The maximum Gasteiger partial charge on any atom is 0.258 e. The number of nitrogens with zero attached hydrogens (tertiary/aromatic N) is 3. The van der Waals surface area contributed by atoms with Crippen molar-refractivity contribution in [3.05, 3.63) is 59.5 Å². The molecule has 2 aromatic heterocycles. The van der Waals surface area contributed by atoms with E-state index in [1.54, 1.807) is 35.9 Å². The smallest absolute Gasteiger partial charge is 0.258 e. The van der Waals surface area contributed by atoms with Crippen LogP contribution in [0.25, 0.3) is 16.2 Å². The summed E-state index contributed by atoms with van der Waals surface area (Å²) in [6, 6.07) is 14.7. The predicted molar refractivity (Wildman–Crippen MR) is 108 cm³/mol. The molecule has 0 atom stereocenters. The molecule has 0 bridgehead atoms. The monoisotopic (exact) mass is 394 g/mol. The van der Waals surface area contributed by atoms with E-state index >= 15 is 0 Å². The van der Waals surface area contributed by atoms with Crippen molar-refractivity contribution in [3.8, 4) is 22.8 Å². The second-order valence-electron chi connectivity index (χ2n) is 5.89. The minimum atomic E-state index is -0.274. The lowest BCUT2D eigenvalue weighted by Gasteiger charge is -2.04. The Kier molecular flexibility index (Phi) is 4.94. The lowest BCUT2D eigenvalue weighted by molar-refractivity contribution is 0.102. The fourth-order valence-electron chi connectivity index (χ4n) is 2.76. The average molecular weight is 394 g/mol. The molecule has 28 heavy (non-hydrogen) atoms. The van der Waals surface area contributed by atoms with Gasteiger partial charge in [-0.1, -0.05) is 12.1 Å². The minimum absolute atomic E-state index is 0.259. The van der Waals surface area contributed by atoms with Crippen molar-refractivity contribution in [2.45, 2.75) is 6.92 Å². The van der Waals surface area contributed by atoms with E-state index in [2.05, 4.69) is 15.4 Å². The van der Waals surface area contributed by atoms with Gasteiger partial charge < -0.3 is 9.47 Å². The number of anilines is 1. The molecule has 7 nitrogen and oxygen atoms in total. The second-order valence-corrected chi connectivity index (χ2v) is 6.73. The molecule has 4 aromatic rings. The number of carbonyl (C=O) groups excluding carboxylic acids is 1. The largest absolute Gasteiger partial charge is 0.497 e. The van der Waals surface area contributed by atoms with Gasteiger partial charge in [-0.25, -0.2) is 4.52 Å². The third-order valence-electron chi connectivity index (χ3n) is 4.10. The first kappa shape index (κ1) is 18.0. The van der Waals surface area contributed by atoms with Crippen LogP contribution in [0.4, 0.5) is 5.95 Å². The number of thiazole rings is 1. The molecular formula is C20H18N4O3S. The van der Waals surface area contributed by atoms with Gasteiger partial charge in [0.15, 0.2) is 0 Å². The SMILES string of the molecule is CCOc1ccc(C(=O)Nc2nc3scc(-c4cccc(OC)c4)n3n2)cc1. The maximum absolute atomic E-state index is 12.5. The number of aromatic nitrogens is 3. The first-order chi connectivity index (χ1) is 13.7. The Hall–Kier alpha value is -3.39.